The van der Waals surface area contributed by atoms with Gasteiger partial charge in [0.2, 0.25) is 0 Å². The van der Waals surface area contributed by atoms with Crippen LogP contribution in [0, 0.1) is 17.1 Å². The number of nitriles is 1. The highest BCUT2D eigenvalue weighted by molar-refractivity contribution is 5.34. The summed E-state index contributed by atoms with van der Waals surface area (Å²) in [5, 5.41) is 29.9. The van der Waals surface area contributed by atoms with E-state index in [0.717, 1.165) is 18.5 Å². The lowest BCUT2D eigenvalue weighted by Crippen LogP contribution is -2.45. The molecule has 2 heterocycles. The van der Waals surface area contributed by atoms with E-state index < -0.39 is 11.4 Å². The van der Waals surface area contributed by atoms with Crippen LogP contribution in [0.25, 0.3) is 0 Å². The zero-order chi connectivity index (χ0) is 15.6. The number of nitrogens with one attached hydrogen (secondary N) is 1. The maximum atomic E-state index is 13.4. The second kappa shape index (κ2) is 5.83. The molecule has 7 heteroatoms. The Morgan fingerprint density at radius 2 is 2.36 bits per heavy atom. The molecule has 3 rings (SSSR count). The number of aromatic amines is 1. The summed E-state index contributed by atoms with van der Waals surface area (Å²) in [6.45, 7) is 1.81. The highest BCUT2D eigenvalue weighted by Gasteiger charge is 2.37. The zero-order valence-corrected chi connectivity index (χ0v) is 12.0. The van der Waals surface area contributed by atoms with Crippen LogP contribution in [0.2, 0.25) is 0 Å². The van der Waals surface area contributed by atoms with Crippen LogP contribution >= 0.6 is 0 Å². The van der Waals surface area contributed by atoms with Gasteiger partial charge in [-0.05, 0) is 37.1 Å². The van der Waals surface area contributed by atoms with Crippen LogP contribution in [0.1, 0.15) is 29.7 Å². The van der Waals surface area contributed by atoms with E-state index in [1.807, 2.05) is 6.07 Å². The lowest BCUT2D eigenvalue weighted by molar-refractivity contribution is -0.0414. The van der Waals surface area contributed by atoms with Crippen LogP contribution in [0.4, 0.5) is 4.39 Å². The Hall–Kier alpha value is -2.30. The molecule has 0 spiro atoms. The summed E-state index contributed by atoms with van der Waals surface area (Å²) < 4.78 is 13.4. The van der Waals surface area contributed by atoms with Crippen LogP contribution < -0.4 is 0 Å². The summed E-state index contributed by atoms with van der Waals surface area (Å²) in [6.07, 6.45) is 2.99. The number of benzene rings is 1. The first kappa shape index (κ1) is 14.6. The van der Waals surface area contributed by atoms with Crippen molar-refractivity contribution in [1.82, 2.24) is 20.3 Å². The Morgan fingerprint density at radius 1 is 1.50 bits per heavy atom. The van der Waals surface area contributed by atoms with Gasteiger partial charge in [-0.25, -0.2) is 4.39 Å². The minimum absolute atomic E-state index is 0.0428. The van der Waals surface area contributed by atoms with Crippen molar-refractivity contribution in [3.63, 3.8) is 0 Å². The predicted octanol–water partition coefficient (Wildman–Crippen LogP) is 1.30. The third-order valence-corrected chi connectivity index (χ3v) is 4.00. The number of rotatable bonds is 3. The van der Waals surface area contributed by atoms with E-state index in [0.29, 0.717) is 25.2 Å². The number of halogens is 1. The number of piperidine rings is 1. The molecule has 1 aromatic heterocycles. The number of nitrogens with zero attached hydrogens (tertiary/aromatic N) is 4. The number of β-amino-alcohol motifs (C(OH)–C–C–N with tert-alkyl or cyclic N) is 1. The van der Waals surface area contributed by atoms with Gasteiger partial charge in [0, 0.05) is 13.1 Å². The van der Waals surface area contributed by atoms with Crippen molar-refractivity contribution in [3.05, 3.63) is 47.0 Å². The third-order valence-electron chi connectivity index (χ3n) is 4.00. The Balaban J connectivity index is 1.75. The third kappa shape index (κ3) is 2.84. The normalized spacial score (nSPS) is 22.4. The Labute approximate surface area is 127 Å². The topological polar surface area (TPSA) is 88.8 Å². The van der Waals surface area contributed by atoms with Gasteiger partial charge >= 0.3 is 0 Å². The Bertz CT molecular complexity index is 696. The van der Waals surface area contributed by atoms with Crippen molar-refractivity contribution >= 4 is 0 Å². The fourth-order valence-electron chi connectivity index (χ4n) is 2.91. The summed E-state index contributed by atoms with van der Waals surface area (Å²) in [4.78, 5) is 2.08. The highest BCUT2D eigenvalue weighted by Crippen LogP contribution is 2.30. The van der Waals surface area contributed by atoms with E-state index >= 15 is 0 Å². The number of aliphatic hydroxyl groups is 1. The van der Waals surface area contributed by atoms with Gasteiger partial charge in [0.05, 0.1) is 11.8 Å². The Morgan fingerprint density at radius 3 is 3.09 bits per heavy atom. The summed E-state index contributed by atoms with van der Waals surface area (Å²) in [5.74, 6) is -0.510. The van der Waals surface area contributed by atoms with Gasteiger partial charge in [-0.2, -0.15) is 20.7 Å². The first-order chi connectivity index (χ1) is 10.6. The lowest BCUT2D eigenvalue weighted by Gasteiger charge is -2.38. The van der Waals surface area contributed by atoms with Crippen molar-refractivity contribution in [3.8, 4) is 6.07 Å². The number of hydrogen-bond donors (Lipinski definition) is 2. The molecule has 0 amide bonds. The molecule has 114 valence electrons. The van der Waals surface area contributed by atoms with Crippen molar-refractivity contribution in [2.75, 3.05) is 13.1 Å². The van der Waals surface area contributed by atoms with E-state index in [1.165, 1.54) is 12.3 Å². The molecule has 0 bridgehead atoms. The molecular weight excluding hydrogens is 285 g/mol. The molecule has 0 aliphatic carbocycles. The van der Waals surface area contributed by atoms with Gasteiger partial charge in [0.25, 0.3) is 0 Å². The fourth-order valence-corrected chi connectivity index (χ4v) is 2.91. The van der Waals surface area contributed by atoms with Crippen LogP contribution in [0.5, 0.6) is 0 Å². The predicted molar refractivity (Wildman–Crippen MR) is 75.9 cm³/mol. The van der Waals surface area contributed by atoms with Crippen LogP contribution in [0.15, 0.2) is 24.4 Å². The van der Waals surface area contributed by atoms with Crippen LogP contribution in [-0.2, 0) is 12.1 Å². The Kier molecular flexibility index (Phi) is 3.88. The van der Waals surface area contributed by atoms with Gasteiger partial charge in [-0.15, -0.1) is 0 Å². The second-order valence-corrected chi connectivity index (χ2v) is 5.63. The molecule has 0 radical (unpaired) electrons. The smallest absolute Gasteiger partial charge is 0.140 e. The average molecular weight is 301 g/mol. The number of likely N-dealkylation sites (tertiary alicyclic amines) is 1. The van der Waals surface area contributed by atoms with E-state index in [-0.39, 0.29) is 5.56 Å². The summed E-state index contributed by atoms with van der Waals surface area (Å²) in [6, 6.07) is 6.37. The molecule has 2 aromatic rings. The monoisotopic (exact) mass is 301 g/mol. The molecule has 22 heavy (non-hydrogen) atoms. The molecule has 0 saturated carbocycles. The average Bonchev–Trinajstić information content (AvgIpc) is 3.04. The van der Waals surface area contributed by atoms with Gasteiger partial charge in [0.15, 0.2) is 0 Å². The first-order valence-electron chi connectivity index (χ1n) is 7.10. The summed E-state index contributed by atoms with van der Waals surface area (Å²) in [7, 11) is 0. The minimum Gasteiger partial charge on any atom is -0.382 e. The largest absolute Gasteiger partial charge is 0.382 e. The molecular formula is C15H16FN5O. The fraction of sp³-hybridized carbons (Fsp3) is 0.400. The molecule has 1 fully saturated rings. The SMILES string of the molecule is N#Cc1cc(CN2CCC[C@@](O)(c3cn[nH]n3)C2)ccc1F. The molecule has 2 N–H and O–H groups in total. The van der Waals surface area contributed by atoms with E-state index in [2.05, 4.69) is 20.3 Å². The molecule has 0 unspecified atom stereocenters. The summed E-state index contributed by atoms with van der Waals surface area (Å²) >= 11 is 0. The number of hydrogen-bond acceptors (Lipinski definition) is 5. The molecule has 1 aliphatic heterocycles. The maximum absolute atomic E-state index is 13.4. The van der Waals surface area contributed by atoms with Gasteiger partial charge < -0.3 is 5.11 Å². The van der Waals surface area contributed by atoms with Crippen molar-refractivity contribution < 1.29 is 9.50 Å². The van der Waals surface area contributed by atoms with Crippen molar-refractivity contribution in [2.24, 2.45) is 0 Å². The lowest BCUT2D eigenvalue weighted by atomic mass is 9.90. The van der Waals surface area contributed by atoms with Crippen LogP contribution in [0.3, 0.4) is 0 Å². The van der Waals surface area contributed by atoms with Gasteiger partial charge in [0.1, 0.15) is 23.2 Å². The van der Waals surface area contributed by atoms with E-state index in [1.54, 1.807) is 12.1 Å². The molecule has 1 atom stereocenters. The maximum Gasteiger partial charge on any atom is 0.140 e. The highest BCUT2D eigenvalue weighted by atomic mass is 19.1. The molecule has 1 saturated heterocycles. The molecule has 1 aromatic carbocycles. The van der Waals surface area contributed by atoms with Crippen molar-refractivity contribution in [2.45, 2.75) is 25.0 Å². The van der Waals surface area contributed by atoms with Crippen LogP contribution in [-0.4, -0.2) is 38.5 Å². The molecule has 1 aliphatic rings. The van der Waals surface area contributed by atoms with Crippen molar-refractivity contribution in [1.29, 1.82) is 5.26 Å². The summed E-state index contributed by atoms with van der Waals surface area (Å²) in [5.41, 5.74) is 0.404. The van der Waals surface area contributed by atoms with E-state index in [4.69, 9.17) is 5.26 Å². The number of H-pyrrole nitrogens is 1. The quantitative estimate of drug-likeness (QED) is 0.892. The standard InChI is InChI=1S/C15H16FN5O/c16-13-3-2-11(6-12(13)7-17)9-21-5-1-4-15(22,10-21)14-8-18-20-19-14/h2-3,6,8,22H,1,4-5,9-10H2,(H,18,19,20)/t15-/m0/s1. The molecule has 6 nitrogen and oxygen atoms in total. The second-order valence-electron chi connectivity index (χ2n) is 5.63. The van der Waals surface area contributed by atoms with E-state index in [9.17, 15) is 9.50 Å². The first-order valence-corrected chi connectivity index (χ1v) is 7.10. The van der Waals surface area contributed by atoms with Gasteiger partial charge in [-0.3, -0.25) is 4.90 Å². The zero-order valence-electron chi connectivity index (χ0n) is 12.0. The van der Waals surface area contributed by atoms with Gasteiger partial charge in [-0.1, -0.05) is 6.07 Å². The minimum atomic E-state index is -1.02. The number of aromatic nitrogens is 3.